The maximum absolute atomic E-state index is 12.2. The molecule has 0 aliphatic rings. The molecule has 0 aliphatic carbocycles. The van der Waals surface area contributed by atoms with Crippen molar-refractivity contribution in [2.45, 2.75) is 13.0 Å². The smallest absolute Gasteiger partial charge is 0.328 e. The summed E-state index contributed by atoms with van der Waals surface area (Å²) in [6.07, 6.45) is 0. The fourth-order valence-electron chi connectivity index (χ4n) is 2.03. The van der Waals surface area contributed by atoms with Gasteiger partial charge in [0.1, 0.15) is 0 Å². The second kappa shape index (κ2) is 7.26. The lowest BCUT2D eigenvalue weighted by Crippen LogP contribution is -2.44. The maximum Gasteiger partial charge on any atom is 0.328 e. The number of nitrogens with zero attached hydrogens (tertiary/aromatic N) is 2. The third kappa shape index (κ3) is 3.88. The van der Waals surface area contributed by atoms with Crippen molar-refractivity contribution < 1.29 is 19.4 Å². The van der Waals surface area contributed by atoms with Crippen LogP contribution in [0.2, 0.25) is 5.02 Å². The van der Waals surface area contributed by atoms with Crippen molar-refractivity contribution in [2.75, 3.05) is 13.7 Å². The van der Waals surface area contributed by atoms with E-state index in [0.29, 0.717) is 16.4 Å². The van der Waals surface area contributed by atoms with Gasteiger partial charge in [-0.2, -0.15) is 5.10 Å². The van der Waals surface area contributed by atoms with Gasteiger partial charge in [0, 0.05) is 12.8 Å². The number of ether oxygens (including phenoxy) is 1. The zero-order valence-corrected chi connectivity index (χ0v) is 13.4. The fourth-order valence-corrected chi connectivity index (χ4v) is 2.24. The SMILES string of the molecule is COCC(NC(=O)c1cc(C)n(-c2ccccc2Cl)n1)C(=O)O. The number of nitrogens with one attached hydrogen (secondary N) is 1. The lowest BCUT2D eigenvalue weighted by molar-refractivity contribution is -0.140. The van der Waals surface area contributed by atoms with E-state index in [0.717, 1.165) is 0 Å². The lowest BCUT2D eigenvalue weighted by atomic mass is 10.3. The van der Waals surface area contributed by atoms with Gasteiger partial charge < -0.3 is 15.2 Å². The summed E-state index contributed by atoms with van der Waals surface area (Å²) in [6.45, 7) is 1.64. The summed E-state index contributed by atoms with van der Waals surface area (Å²) < 4.78 is 6.31. The number of aromatic nitrogens is 2. The molecule has 0 saturated carbocycles. The van der Waals surface area contributed by atoms with Gasteiger partial charge in [0.05, 0.1) is 17.3 Å². The molecule has 1 amide bonds. The summed E-state index contributed by atoms with van der Waals surface area (Å²) in [5.74, 6) is -1.77. The van der Waals surface area contributed by atoms with Crippen LogP contribution in [0.15, 0.2) is 30.3 Å². The van der Waals surface area contributed by atoms with E-state index in [2.05, 4.69) is 10.4 Å². The minimum absolute atomic E-state index is 0.102. The number of para-hydroxylation sites is 1. The number of rotatable bonds is 6. The van der Waals surface area contributed by atoms with Gasteiger partial charge in [-0.05, 0) is 25.1 Å². The number of hydrogen-bond acceptors (Lipinski definition) is 4. The van der Waals surface area contributed by atoms with Crippen LogP contribution < -0.4 is 5.32 Å². The highest BCUT2D eigenvalue weighted by molar-refractivity contribution is 6.32. The van der Waals surface area contributed by atoms with Crippen LogP contribution in [0.4, 0.5) is 0 Å². The molecule has 0 saturated heterocycles. The molecule has 2 aromatic rings. The zero-order chi connectivity index (χ0) is 17.0. The van der Waals surface area contributed by atoms with E-state index in [1.54, 1.807) is 37.3 Å². The van der Waals surface area contributed by atoms with Gasteiger partial charge in [-0.3, -0.25) is 4.79 Å². The molecule has 0 radical (unpaired) electrons. The highest BCUT2D eigenvalue weighted by Crippen LogP contribution is 2.21. The van der Waals surface area contributed by atoms with Crippen molar-refractivity contribution in [2.24, 2.45) is 0 Å². The molecule has 1 atom stereocenters. The summed E-state index contributed by atoms with van der Waals surface area (Å²) in [7, 11) is 1.36. The molecule has 0 fully saturated rings. The van der Waals surface area contributed by atoms with E-state index in [9.17, 15) is 9.59 Å². The van der Waals surface area contributed by atoms with Crippen LogP contribution in [0.1, 0.15) is 16.2 Å². The third-order valence-electron chi connectivity index (χ3n) is 3.14. The van der Waals surface area contributed by atoms with E-state index in [-0.39, 0.29) is 12.3 Å². The molecule has 1 unspecified atom stereocenters. The summed E-state index contributed by atoms with van der Waals surface area (Å²) in [6, 6.07) is 7.51. The minimum Gasteiger partial charge on any atom is -0.480 e. The van der Waals surface area contributed by atoms with Crippen molar-refractivity contribution in [3.63, 3.8) is 0 Å². The molecule has 2 N–H and O–H groups in total. The second-order valence-electron chi connectivity index (χ2n) is 4.85. The number of hydrogen-bond donors (Lipinski definition) is 2. The number of carboxylic acid groups (broad SMARTS) is 1. The molecule has 1 aromatic heterocycles. The predicted octanol–water partition coefficient (Wildman–Crippen LogP) is 1.66. The van der Waals surface area contributed by atoms with Gasteiger partial charge in [0.15, 0.2) is 11.7 Å². The molecule has 0 spiro atoms. The van der Waals surface area contributed by atoms with E-state index < -0.39 is 17.9 Å². The highest BCUT2D eigenvalue weighted by Gasteiger charge is 2.22. The van der Waals surface area contributed by atoms with E-state index >= 15 is 0 Å². The number of carbonyl (C=O) groups is 2. The number of aliphatic carboxylic acids is 1. The number of halogens is 1. The molecule has 122 valence electrons. The van der Waals surface area contributed by atoms with E-state index in [4.69, 9.17) is 21.4 Å². The first-order chi connectivity index (χ1) is 10.9. The Bertz CT molecular complexity index is 729. The quantitative estimate of drug-likeness (QED) is 0.836. The Morgan fingerprint density at radius 1 is 1.43 bits per heavy atom. The first-order valence-corrected chi connectivity index (χ1v) is 7.16. The first kappa shape index (κ1) is 17.0. The largest absolute Gasteiger partial charge is 0.480 e. The Morgan fingerprint density at radius 2 is 2.13 bits per heavy atom. The van der Waals surface area contributed by atoms with Crippen LogP contribution in [0, 0.1) is 6.92 Å². The predicted molar refractivity (Wildman–Crippen MR) is 84.1 cm³/mol. The standard InChI is InChI=1S/C15H16ClN3O4/c1-9-7-11(14(20)17-12(8-23-2)15(21)22)18-19(9)13-6-4-3-5-10(13)16/h3-7,12H,8H2,1-2H3,(H,17,20)(H,21,22). The van der Waals surface area contributed by atoms with Crippen molar-refractivity contribution in [1.29, 1.82) is 0 Å². The Hall–Kier alpha value is -2.38. The minimum atomic E-state index is -1.18. The maximum atomic E-state index is 12.2. The Labute approximate surface area is 137 Å². The number of amides is 1. The van der Waals surface area contributed by atoms with E-state index in [1.807, 2.05) is 0 Å². The molecule has 2 rings (SSSR count). The average Bonchev–Trinajstić information content (AvgIpc) is 2.89. The van der Waals surface area contributed by atoms with Gasteiger partial charge in [0.2, 0.25) is 0 Å². The number of carbonyl (C=O) groups excluding carboxylic acids is 1. The second-order valence-corrected chi connectivity index (χ2v) is 5.26. The Kier molecular flexibility index (Phi) is 5.36. The molecule has 0 bridgehead atoms. The van der Waals surface area contributed by atoms with Gasteiger partial charge in [-0.15, -0.1) is 0 Å². The molecular formula is C15H16ClN3O4. The van der Waals surface area contributed by atoms with Gasteiger partial charge >= 0.3 is 5.97 Å². The molecule has 23 heavy (non-hydrogen) atoms. The molecule has 1 heterocycles. The number of methoxy groups -OCH3 is 1. The molecule has 0 aliphatic heterocycles. The summed E-state index contributed by atoms with van der Waals surface area (Å²) in [5, 5.41) is 16.1. The van der Waals surface area contributed by atoms with Crippen LogP contribution in [0.25, 0.3) is 5.69 Å². The molecule has 7 nitrogen and oxygen atoms in total. The summed E-state index contributed by atoms with van der Waals surface area (Å²) >= 11 is 6.13. The van der Waals surface area contributed by atoms with Crippen molar-refractivity contribution in [1.82, 2.24) is 15.1 Å². The van der Waals surface area contributed by atoms with Crippen LogP contribution in [-0.2, 0) is 9.53 Å². The molecular weight excluding hydrogens is 322 g/mol. The summed E-state index contributed by atoms with van der Waals surface area (Å²) in [5.41, 5.74) is 1.43. The average molecular weight is 338 g/mol. The monoisotopic (exact) mass is 337 g/mol. The third-order valence-corrected chi connectivity index (χ3v) is 3.46. The highest BCUT2D eigenvalue weighted by atomic mass is 35.5. The van der Waals surface area contributed by atoms with E-state index in [1.165, 1.54) is 11.8 Å². The van der Waals surface area contributed by atoms with Crippen molar-refractivity contribution >= 4 is 23.5 Å². The lowest BCUT2D eigenvalue weighted by Gasteiger charge is -2.12. The van der Waals surface area contributed by atoms with Crippen molar-refractivity contribution in [3.05, 3.63) is 46.7 Å². The topological polar surface area (TPSA) is 93.5 Å². The number of carboxylic acids is 1. The van der Waals surface area contributed by atoms with Crippen molar-refractivity contribution in [3.8, 4) is 5.69 Å². The van der Waals surface area contributed by atoms with Crippen LogP contribution >= 0.6 is 11.6 Å². The molecule has 1 aromatic carbocycles. The fraction of sp³-hybridized carbons (Fsp3) is 0.267. The Morgan fingerprint density at radius 3 is 2.74 bits per heavy atom. The van der Waals surface area contributed by atoms with Gasteiger partial charge in [0.25, 0.3) is 5.91 Å². The summed E-state index contributed by atoms with van der Waals surface area (Å²) in [4.78, 5) is 23.2. The van der Waals surface area contributed by atoms with Gasteiger partial charge in [-0.25, -0.2) is 9.48 Å². The molecule has 8 heteroatoms. The van der Waals surface area contributed by atoms with Crippen LogP contribution in [-0.4, -0.2) is 46.5 Å². The number of benzene rings is 1. The van der Waals surface area contributed by atoms with Crippen LogP contribution in [0.3, 0.4) is 0 Å². The van der Waals surface area contributed by atoms with Crippen LogP contribution in [0.5, 0.6) is 0 Å². The first-order valence-electron chi connectivity index (χ1n) is 6.78. The van der Waals surface area contributed by atoms with Gasteiger partial charge in [-0.1, -0.05) is 23.7 Å². The number of aryl methyl sites for hydroxylation is 1. The zero-order valence-electron chi connectivity index (χ0n) is 12.6. The normalized spacial score (nSPS) is 12.0. The Balaban J connectivity index is 2.25.